The number of carbonyl (C=O) groups is 1. The molecule has 5 rings (SSSR count). The number of carboxylic acid groups (broad SMARTS) is 1. The zero-order valence-electron chi connectivity index (χ0n) is 19.4. The normalized spacial score (nSPS) is 10.3. The Hall–Kier alpha value is -5.19. The maximum Gasteiger partial charge on any atom is 0.439 e. The molecule has 3 aromatic heterocycles. The van der Waals surface area contributed by atoms with Crippen molar-refractivity contribution in [1.82, 2.24) is 19.6 Å². The van der Waals surface area contributed by atoms with Gasteiger partial charge in [-0.1, -0.05) is 12.1 Å². The largest absolute Gasteiger partial charge is 0.496 e. The SMILES string of the molecule is COc1ccc(Nc2ncc(C)c(Nn3c(=O)oc4ccccc43)n2)cc1-c1ccncc1.O=CO. The van der Waals surface area contributed by atoms with Crippen molar-refractivity contribution in [2.45, 2.75) is 6.92 Å². The molecule has 11 heteroatoms. The summed E-state index contributed by atoms with van der Waals surface area (Å²) in [5.74, 6) is 1.06. The van der Waals surface area contributed by atoms with E-state index in [4.69, 9.17) is 19.1 Å². The van der Waals surface area contributed by atoms with Crippen molar-refractivity contribution < 1.29 is 19.1 Å². The highest BCUT2D eigenvalue weighted by molar-refractivity contribution is 5.76. The van der Waals surface area contributed by atoms with Crippen LogP contribution in [0.5, 0.6) is 5.75 Å². The lowest BCUT2D eigenvalue weighted by molar-refractivity contribution is -0.122. The van der Waals surface area contributed by atoms with Gasteiger partial charge in [-0.3, -0.25) is 15.2 Å². The Balaban J connectivity index is 0.000000967. The molecule has 3 N–H and O–H groups in total. The standard InChI is InChI=1S/C24H20N6O3.CH2O2/c1-15-14-26-23(28-22(15)29-30-19-5-3-4-6-21(19)33-24(30)31)27-17-7-8-20(32-2)18(13-17)16-9-11-25-12-10-16;2-1-3/h3-14H,1-2H3,(H2,26,27,28,29);1H,(H,2,3). The summed E-state index contributed by atoms with van der Waals surface area (Å²) in [5, 5.41) is 10.1. The van der Waals surface area contributed by atoms with Gasteiger partial charge in [-0.05, 0) is 55.0 Å². The number of methoxy groups -OCH3 is 1. The number of rotatable bonds is 6. The average Bonchev–Trinajstić information content (AvgIpc) is 3.21. The molecule has 0 spiro atoms. The number of aromatic nitrogens is 4. The van der Waals surface area contributed by atoms with Gasteiger partial charge < -0.3 is 19.6 Å². The summed E-state index contributed by atoms with van der Waals surface area (Å²) in [6, 6.07) is 16.7. The number of fused-ring (bicyclic) bond motifs is 1. The molecule has 0 amide bonds. The van der Waals surface area contributed by atoms with E-state index in [1.807, 2.05) is 49.4 Å². The monoisotopic (exact) mass is 486 g/mol. The number of aryl methyl sites for hydroxylation is 1. The second-order valence-electron chi connectivity index (χ2n) is 7.39. The van der Waals surface area contributed by atoms with Gasteiger partial charge in [0.05, 0.1) is 7.11 Å². The van der Waals surface area contributed by atoms with Crippen molar-refractivity contribution in [1.29, 1.82) is 0 Å². The van der Waals surface area contributed by atoms with E-state index in [0.29, 0.717) is 22.9 Å². The summed E-state index contributed by atoms with van der Waals surface area (Å²) in [5.41, 5.74) is 7.58. The predicted octanol–water partition coefficient (Wildman–Crippen LogP) is 4.08. The van der Waals surface area contributed by atoms with Gasteiger partial charge in [0.15, 0.2) is 11.4 Å². The highest BCUT2D eigenvalue weighted by Gasteiger charge is 2.13. The van der Waals surface area contributed by atoms with Crippen molar-refractivity contribution in [3.05, 3.63) is 89.3 Å². The van der Waals surface area contributed by atoms with Gasteiger partial charge in [0.25, 0.3) is 6.47 Å². The maximum absolute atomic E-state index is 12.3. The zero-order chi connectivity index (χ0) is 25.5. The van der Waals surface area contributed by atoms with Crippen molar-refractivity contribution >= 4 is 35.0 Å². The Kier molecular flexibility index (Phi) is 7.20. The van der Waals surface area contributed by atoms with Crippen LogP contribution >= 0.6 is 0 Å². The summed E-state index contributed by atoms with van der Waals surface area (Å²) in [4.78, 5) is 33.7. The molecule has 36 heavy (non-hydrogen) atoms. The molecule has 5 aromatic rings. The minimum Gasteiger partial charge on any atom is -0.496 e. The Morgan fingerprint density at radius 3 is 2.61 bits per heavy atom. The van der Waals surface area contributed by atoms with Crippen molar-refractivity contribution in [3.8, 4) is 16.9 Å². The van der Waals surface area contributed by atoms with E-state index in [1.54, 1.807) is 37.8 Å². The van der Waals surface area contributed by atoms with Gasteiger partial charge in [-0.15, -0.1) is 0 Å². The minimum absolute atomic E-state index is 0.250. The third-order valence-electron chi connectivity index (χ3n) is 5.12. The number of pyridine rings is 1. The Morgan fingerprint density at radius 1 is 1.11 bits per heavy atom. The van der Waals surface area contributed by atoms with Crippen molar-refractivity contribution in [2.75, 3.05) is 17.9 Å². The van der Waals surface area contributed by atoms with Gasteiger partial charge in [0.1, 0.15) is 11.3 Å². The highest BCUT2D eigenvalue weighted by Crippen LogP contribution is 2.33. The number of hydrogen-bond donors (Lipinski definition) is 3. The van der Waals surface area contributed by atoms with E-state index >= 15 is 0 Å². The lowest BCUT2D eigenvalue weighted by Gasteiger charge is -2.13. The van der Waals surface area contributed by atoms with E-state index < -0.39 is 5.76 Å². The summed E-state index contributed by atoms with van der Waals surface area (Å²) < 4.78 is 12.1. The Labute approximate surface area is 205 Å². The van der Waals surface area contributed by atoms with E-state index in [-0.39, 0.29) is 6.47 Å². The van der Waals surface area contributed by atoms with Crippen LogP contribution in [0.3, 0.4) is 0 Å². The number of nitrogens with zero attached hydrogens (tertiary/aromatic N) is 4. The molecule has 0 radical (unpaired) electrons. The third-order valence-corrected chi connectivity index (χ3v) is 5.12. The number of benzene rings is 2. The van der Waals surface area contributed by atoms with Crippen LogP contribution in [0.4, 0.5) is 17.5 Å². The van der Waals surface area contributed by atoms with Crippen LogP contribution in [0, 0.1) is 6.92 Å². The zero-order valence-corrected chi connectivity index (χ0v) is 19.4. The van der Waals surface area contributed by atoms with Crippen LogP contribution in [0.15, 0.2) is 82.4 Å². The smallest absolute Gasteiger partial charge is 0.439 e. The van der Waals surface area contributed by atoms with E-state index in [1.165, 1.54) is 4.68 Å². The first kappa shape index (κ1) is 24.0. The minimum atomic E-state index is -0.527. The van der Waals surface area contributed by atoms with Crippen LogP contribution in [0.25, 0.3) is 22.2 Å². The average molecular weight is 486 g/mol. The fourth-order valence-corrected chi connectivity index (χ4v) is 3.47. The first-order chi connectivity index (χ1) is 17.5. The summed E-state index contributed by atoms with van der Waals surface area (Å²) in [7, 11) is 1.63. The summed E-state index contributed by atoms with van der Waals surface area (Å²) in [6.07, 6.45) is 5.15. The molecule has 3 heterocycles. The maximum atomic E-state index is 12.3. The van der Waals surface area contributed by atoms with Gasteiger partial charge >= 0.3 is 5.76 Å². The quantitative estimate of drug-likeness (QED) is 0.300. The molecular formula is C25H22N6O5. The molecule has 0 atom stereocenters. The molecule has 2 aromatic carbocycles. The topological polar surface area (TPSA) is 144 Å². The molecule has 0 saturated carbocycles. The summed E-state index contributed by atoms with van der Waals surface area (Å²) >= 11 is 0. The van der Waals surface area contributed by atoms with Gasteiger partial charge in [-0.2, -0.15) is 9.66 Å². The molecule has 0 aliphatic rings. The number of hydrogen-bond acceptors (Lipinski definition) is 9. The first-order valence-electron chi connectivity index (χ1n) is 10.7. The van der Waals surface area contributed by atoms with Crippen LogP contribution in [0.1, 0.15) is 5.56 Å². The molecule has 11 nitrogen and oxygen atoms in total. The van der Waals surface area contributed by atoms with Crippen LogP contribution in [-0.4, -0.2) is 38.3 Å². The number of nitrogens with one attached hydrogen (secondary N) is 2. The Bertz CT molecular complexity index is 1550. The number of anilines is 3. The van der Waals surface area contributed by atoms with Crippen LogP contribution < -0.4 is 21.2 Å². The fraction of sp³-hybridized carbons (Fsp3) is 0.0800. The molecular weight excluding hydrogens is 464 g/mol. The fourth-order valence-electron chi connectivity index (χ4n) is 3.47. The molecule has 0 saturated heterocycles. The first-order valence-corrected chi connectivity index (χ1v) is 10.7. The van der Waals surface area contributed by atoms with E-state index in [2.05, 4.69) is 25.7 Å². The predicted molar refractivity (Wildman–Crippen MR) is 134 cm³/mol. The second kappa shape index (κ2) is 10.8. The molecule has 0 fully saturated rings. The Morgan fingerprint density at radius 2 is 1.86 bits per heavy atom. The third kappa shape index (κ3) is 5.14. The van der Waals surface area contributed by atoms with Gasteiger partial charge in [-0.25, -0.2) is 9.78 Å². The molecule has 0 unspecified atom stereocenters. The van der Waals surface area contributed by atoms with Crippen LogP contribution in [0.2, 0.25) is 0 Å². The van der Waals surface area contributed by atoms with Crippen molar-refractivity contribution in [3.63, 3.8) is 0 Å². The highest BCUT2D eigenvalue weighted by atomic mass is 16.5. The summed E-state index contributed by atoms with van der Waals surface area (Å²) in [6.45, 7) is 1.61. The van der Waals surface area contributed by atoms with E-state index in [0.717, 1.165) is 28.1 Å². The van der Waals surface area contributed by atoms with Crippen molar-refractivity contribution in [2.24, 2.45) is 0 Å². The number of para-hydroxylation sites is 2. The van der Waals surface area contributed by atoms with Gasteiger partial charge in [0.2, 0.25) is 5.95 Å². The molecule has 0 aliphatic heterocycles. The molecule has 0 aliphatic carbocycles. The second-order valence-corrected chi connectivity index (χ2v) is 7.39. The lowest BCUT2D eigenvalue weighted by atomic mass is 10.1. The van der Waals surface area contributed by atoms with E-state index in [9.17, 15) is 4.79 Å². The van der Waals surface area contributed by atoms with Gasteiger partial charge in [0, 0.05) is 35.4 Å². The van der Waals surface area contributed by atoms with Crippen LogP contribution in [-0.2, 0) is 4.79 Å². The number of ether oxygens (including phenoxy) is 1. The lowest BCUT2D eigenvalue weighted by Crippen LogP contribution is -2.23. The molecule has 182 valence electrons. The molecule has 0 bridgehead atoms. The number of oxazole rings is 1.